The van der Waals surface area contributed by atoms with Crippen molar-refractivity contribution in [2.45, 2.75) is 40.2 Å². The molecule has 0 saturated heterocycles. The van der Waals surface area contributed by atoms with E-state index in [0.717, 1.165) is 23.3 Å². The van der Waals surface area contributed by atoms with E-state index in [1.807, 2.05) is 52.0 Å². The highest BCUT2D eigenvalue weighted by atomic mass is 19.1. The minimum absolute atomic E-state index is 0. The molecule has 2 heterocycles. The number of nitrogens with zero attached hydrogens (tertiary/aromatic N) is 2. The lowest BCUT2D eigenvalue weighted by Crippen LogP contribution is -2.27. The molecular weight excluding hydrogens is 487 g/mol. The van der Waals surface area contributed by atoms with E-state index in [0.29, 0.717) is 60.6 Å². The molecule has 2 N–H and O–H groups in total. The Labute approximate surface area is 226 Å². The average Bonchev–Trinajstić information content (AvgIpc) is 2.92. The Bertz CT molecular complexity index is 1280. The van der Waals surface area contributed by atoms with Crippen LogP contribution in [-0.4, -0.2) is 54.9 Å². The number of rotatable bonds is 11. The first-order valence-corrected chi connectivity index (χ1v) is 12.9. The lowest BCUT2D eigenvalue weighted by molar-refractivity contribution is 0.102. The highest BCUT2D eigenvalue weighted by molar-refractivity contribution is 6.04. The second-order valence-corrected chi connectivity index (χ2v) is 9.33. The summed E-state index contributed by atoms with van der Waals surface area (Å²) in [6, 6.07) is 12.6. The number of aromatic nitrogens is 1. The number of hydrogen-bond donors (Lipinski definition) is 2. The van der Waals surface area contributed by atoms with Gasteiger partial charge < -0.3 is 24.8 Å². The Balaban J connectivity index is 0.00000280. The van der Waals surface area contributed by atoms with Crippen LogP contribution in [0.2, 0.25) is 0 Å². The van der Waals surface area contributed by atoms with Gasteiger partial charge in [0, 0.05) is 32.9 Å². The number of anilines is 2. The van der Waals surface area contributed by atoms with Crippen molar-refractivity contribution in [1.29, 1.82) is 0 Å². The van der Waals surface area contributed by atoms with Gasteiger partial charge in [-0.2, -0.15) is 0 Å². The Morgan fingerprint density at radius 1 is 1.18 bits per heavy atom. The lowest BCUT2D eigenvalue weighted by Gasteiger charge is -2.21. The van der Waals surface area contributed by atoms with Crippen LogP contribution in [0.3, 0.4) is 0 Å². The zero-order valence-corrected chi connectivity index (χ0v) is 22.3. The van der Waals surface area contributed by atoms with E-state index in [2.05, 4.69) is 15.6 Å². The predicted molar refractivity (Wildman–Crippen MR) is 151 cm³/mol. The summed E-state index contributed by atoms with van der Waals surface area (Å²) in [5, 5.41) is 6.14. The first-order chi connectivity index (χ1) is 18.4. The molecule has 0 bridgehead atoms. The number of fused-ring (bicyclic) bond motifs is 1. The van der Waals surface area contributed by atoms with Crippen molar-refractivity contribution >= 4 is 17.4 Å². The number of carbonyl (C=O) groups excluding carboxylic acids is 1. The number of nitrogens with one attached hydrogen (secondary N) is 2. The average molecular weight is 527 g/mol. The summed E-state index contributed by atoms with van der Waals surface area (Å²) < 4.78 is 30.9. The summed E-state index contributed by atoms with van der Waals surface area (Å²) in [5.41, 5.74) is 2.91. The summed E-state index contributed by atoms with van der Waals surface area (Å²) in [6.45, 7) is 9.82. The Morgan fingerprint density at radius 3 is 2.79 bits per heavy atom. The van der Waals surface area contributed by atoms with Gasteiger partial charge in [-0.3, -0.25) is 9.69 Å². The van der Waals surface area contributed by atoms with Gasteiger partial charge in [0.15, 0.2) is 11.6 Å². The maximum Gasteiger partial charge on any atom is 0.255 e. The molecule has 3 aromatic rings. The van der Waals surface area contributed by atoms with Gasteiger partial charge in [-0.05, 0) is 75.2 Å². The molecule has 1 aromatic heterocycles. The summed E-state index contributed by atoms with van der Waals surface area (Å²) >= 11 is 0. The van der Waals surface area contributed by atoms with E-state index in [4.69, 9.17) is 14.2 Å². The molecular formula is C29H39FN4O4. The zero-order chi connectivity index (χ0) is 27.1. The highest BCUT2D eigenvalue weighted by Crippen LogP contribution is 2.39. The van der Waals surface area contributed by atoms with E-state index in [9.17, 15) is 9.18 Å². The van der Waals surface area contributed by atoms with Crippen LogP contribution in [0, 0.1) is 13.8 Å². The number of aryl methyl sites for hydroxylation is 2. The Morgan fingerprint density at radius 2 is 2.03 bits per heavy atom. The third-order valence-corrected chi connectivity index (χ3v) is 6.41. The third kappa shape index (κ3) is 6.72. The van der Waals surface area contributed by atoms with Crippen molar-refractivity contribution in [3.63, 3.8) is 0 Å². The molecule has 8 nitrogen and oxygen atoms in total. The van der Waals surface area contributed by atoms with Gasteiger partial charge in [0.25, 0.3) is 5.91 Å². The van der Waals surface area contributed by atoms with E-state index >= 15 is 0 Å². The molecule has 1 atom stereocenters. The van der Waals surface area contributed by atoms with Gasteiger partial charge in [0.1, 0.15) is 24.9 Å². The first kappa shape index (κ1) is 27.2. The van der Waals surface area contributed by atoms with Crippen LogP contribution in [0.4, 0.5) is 15.9 Å². The number of alkyl halides is 1. The van der Waals surface area contributed by atoms with E-state index in [-0.39, 0.29) is 14.9 Å². The van der Waals surface area contributed by atoms with Crippen LogP contribution >= 0.6 is 0 Å². The minimum atomic E-state index is -0.456. The van der Waals surface area contributed by atoms with E-state index < -0.39 is 6.80 Å². The van der Waals surface area contributed by atoms with Crippen molar-refractivity contribution < 1.29 is 26.2 Å². The van der Waals surface area contributed by atoms with Gasteiger partial charge in [-0.15, -0.1) is 0 Å². The number of benzene rings is 2. The van der Waals surface area contributed by atoms with Crippen LogP contribution in [0.1, 0.15) is 44.6 Å². The van der Waals surface area contributed by atoms with Crippen LogP contribution < -0.4 is 24.8 Å². The molecule has 1 aliphatic heterocycles. The molecule has 2 aromatic carbocycles. The number of amides is 1. The molecule has 4 rings (SSSR count). The maximum absolute atomic E-state index is 13.1. The molecule has 0 fully saturated rings. The number of hydrogen-bond acceptors (Lipinski definition) is 7. The van der Waals surface area contributed by atoms with Crippen molar-refractivity contribution in [3.05, 3.63) is 65.4 Å². The highest BCUT2D eigenvalue weighted by Gasteiger charge is 2.19. The largest absolute Gasteiger partial charge is 0.490 e. The summed E-state index contributed by atoms with van der Waals surface area (Å²) in [6.07, 6.45) is 2.31. The molecule has 206 valence electrons. The SMILES string of the molecule is CCN(CF)CCC(C)Oc1ccc(NC(=O)c2ccc(C)c(Oc3ccnc4c3OCCN4)c2)cc1C.[HH].[HH]. The molecule has 1 amide bonds. The normalized spacial score (nSPS) is 13.2. The van der Waals surface area contributed by atoms with E-state index in [1.165, 1.54) is 0 Å². The molecule has 38 heavy (non-hydrogen) atoms. The lowest BCUT2D eigenvalue weighted by atomic mass is 10.1. The molecule has 0 radical (unpaired) electrons. The summed E-state index contributed by atoms with van der Waals surface area (Å²) in [7, 11) is 0. The van der Waals surface area contributed by atoms with Gasteiger partial charge >= 0.3 is 0 Å². The second kappa shape index (κ2) is 12.6. The Kier molecular flexibility index (Phi) is 9.02. The standard InChI is InChI=1S/C29H35FN4O4.2H2/c1-5-34(18-30)14-11-21(4)37-24-9-8-23(16-20(24)3)33-29(35)22-7-6-19(2)26(17-22)38-25-10-12-31-28-27(25)36-15-13-32-28;;/h6-10,12,16-17,21H,5,11,13-15,18H2,1-4H3,(H,31,32)(H,33,35);2*1H. The fourth-order valence-electron chi connectivity index (χ4n) is 4.07. The molecule has 1 aliphatic rings. The quantitative estimate of drug-likeness (QED) is 0.278. The van der Waals surface area contributed by atoms with Crippen LogP contribution in [0.15, 0.2) is 48.7 Å². The number of carbonyl (C=O) groups is 1. The maximum atomic E-state index is 13.1. The summed E-state index contributed by atoms with van der Waals surface area (Å²) in [5.74, 6) is 2.78. The van der Waals surface area contributed by atoms with Gasteiger partial charge in [0.05, 0.1) is 12.6 Å². The van der Waals surface area contributed by atoms with Gasteiger partial charge in [-0.25, -0.2) is 9.37 Å². The molecule has 1 unspecified atom stereocenters. The first-order valence-electron chi connectivity index (χ1n) is 12.9. The molecule has 0 saturated carbocycles. The van der Waals surface area contributed by atoms with Crippen molar-refractivity contribution in [2.24, 2.45) is 0 Å². The predicted octanol–water partition coefficient (Wildman–Crippen LogP) is 6.45. The van der Waals surface area contributed by atoms with Crippen molar-refractivity contribution in [3.8, 4) is 23.0 Å². The van der Waals surface area contributed by atoms with E-state index in [1.54, 1.807) is 29.3 Å². The minimum Gasteiger partial charge on any atom is -0.490 e. The summed E-state index contributed by atoms with van der Waals surface area (Å²) in [4.78, 5) is 19.1. The topological polar surface area (TPSA) is 85.0 Å². The van der Waals surface area contributed by atoms with Crippen LogP contribution in [0.5, 0.6) is 23.0 Å². The molecule has 0 spiro atoms. The van der Waals surface area contributed by atoms with Gasteiger partial charge in [0.2, 0.25) is 5.75 Å². The fraction of sp³-hybridized carbons (Fsp3) is 0.379. The molecule has 0 aliphatic carbocycles. The van der Waals surface area contributed by atoms with Crippen molar-refractivity contribution in [1.82, 2.24) is 9.88 Å². The fourth-order valence-corrected chi connectivity index (χ4v) is 4.07. The monoisotopic (exact) mass is 526 g/mol. The molecule has 9 heteroatoms. The third-order valence-electron chi connectivity index (χ3n) is 6.41. The second-order valence-electron chi connectivity index (χ2n) is 9.33. The number of ether oxygens (including phenoxy) is 3. The number of pyridine rings is 1. The van der Waals surface area contributed by atoms with Crippen LogP contribution in [-0.2, 0) is 0 Å². The van der Waals surface area contributed by atoms with Crippen LogP contribution in [0.25, 0.3) is 0 Å². The number of halogens is 1. The van der Waals surface area contributed by atoms with Gasteiger partial charge in [-0.1, -0.05) is 13.0 Å². The zero-order valence-electron chi connectivity index (χ0n) is 22.3. The Hall–Kier alpha value is -3.85. The smallest absolute Gasteiger partial charge is 0.255 e. The van der Waals surface area contributed by atoms with Crippen molar-refractivity contribution in [2.75, 3.05) is 43.7 Å².